The summed E-state index contributed by atoms with van der Waals surface area (Å²) in [5.41, 5.74) is 0. The van der Waals surface area contributed by atoms with E-state index in [-0.39, 0.29) is 18.5 Å². The van der Waals surface area contributed by atoms with Crippen molar-refractivity contribution in [2.24, 2.45) is 0 Å². The van der Waals surface area contributed by atoms with Crippen LogP contribution >= 0.6 is 0 Å². The Morgan fingerprint density at radius 2 is 0.676 bits per heavy atom. The fourth-order valence-electron chi connectivity index (χ4n) is 10.7. The Balaban J connectivity index is 3.43. The predicted octanol–water partition coefficient (Wildman–Crippen LogP) is 21.4. The number of amides is 1. The van der Waals surface area contributed by atoms with E-state index in [4.69, 9.17) is 4.74 Å². The smallest absolute Gasteiger partial charge is 0.305 e. The van der Waals surface area contributed by atoms with E-state index in [2.05, 4.69) is 43.5 Å². The molecule has 0 rings (SSSR count). The van der Waals surface area contributed by atoms with Crippen molar-refractivity contribution in [2.45, 2.75) is 386 Å². The second-order valence-electron chi connectivity index (χ2n) is 23.2. The van der Waals surface area contributed by atoms with Crippen molar-refractivity contribution in [2.75, 3.05) is 13.2 Å². The van der Waals surface area contributed by atoms with Gasteiger partial charge in [-0.3, -0.25) is 9.59 Å². The van der Waals surface area contributed by atoms with Crippen LogP contribution in [0, 0.1) is 0 Å². The average molecular weight is 1040 g/mol. The van der Waals surface area contributed by atoms with Crippen molar-refractivity contribution in [3.8, 4) is 0 Å². The zero-order chi connectivity index (χ0) is 53.6. The Morgan fingerprint density at radius 1 is 0.378 bits per heavy atom. The Bertz CT molecular complexity index is 1150. The Hall–Kier alpha value is -1.66. The van der Waals surface area contributed by atoms with Crippen LogP contribution in [0.2, 0.25) is 0 Å². The van der Waals surface area contributed by atoms with E-state index in [1.54, 1.807) is 0 Å². The molecule has 0 saturated heterocycles. The molecule has 1 amide bonds. The third kappa shape index (κ3) is 59.6. The number of aliphatic hydroxyl groups is 2. The summed E-state index contributed by atoms with van der Waals surface area (Å²) < 4.78 is 5.44. The van der Waals surface area contributed by atoms with Gasteiger partial charge in [0.1, 0.15) is 0 Å². The molecule has 0 bridgehead atoms. The summed E-state index contributed by atoms with van der Waals surface area (Å²) in [6.07, 6.45) is 79.3. The molecule has 0 fully saturated rings. The molecule has 0 aromatic heterocycles. The highest BCUT2D eigenvalue weighted by molar-refractivity contribution is 5.76. The molecule has 0 saturated carbocycles. The van der Waals surface area contributed by atoms with Gasteiger partial charge in [-0.15, -0.1) is 0 Å². The third-order valence-electron chi connectivity index (χ3n) is 15.8. The van der Waals surface area contributed by atoms with Gasteiger partial charge in [-0.25, -0.2) is 0 Å². The monoisotopic (exact) mass is 1040 g/mol. The first-order valence-electron chi connectivity index (χ1n) is 33.6. The number of hydrogen-bond acceptors (Lipinski definition) is 5. The molecule has 438 valence electrons. The first-order chi connectivity index (χ1) is 36.5. The van der Waals surface area contributed by atoms with Gasteiger partial charge in [-0.2, -0.15) is 0 Å². The minimum Gasteiger partial charge on any atom is -0.465 e. The number of unbranched alkanes of at least 4 members (excludes halogenated alkanes) is 48. The Labute approximate surface area is 462 Å². The van der Waals surface area contributed by atoms with E-state index < -0.39 is 12.1 Å². The van der Waals surface area contributed by atoms with Crippen LogP contribution in [0.5, 0.6) is 0 Å². The molecule has 2 unspecified atom stereocenters. The van der Waals surface area contributed by atoms with Crippen molar-refractivity contribution in [1.29, 1.82) is 0 Å². The number of carbonyl (C=O) groups excluding carboxylic acids is 2. The van der Waals surface area contributed by atoms with Gasteiger partial charge in [-0.1, -0.05) is 340 Å². The number of nitrogens with one attached hydrogen (secondary N) is 1. The minimum absolute atomic E-state index is 0.0300. The molecule has 74 heavy (non-hydrogen) atoms. The van der Waals surface area contributed by atoms with Gasteiger partial charge in [0.25, 0.3) is 0 Å². The summed E-state index contributed by atoms with van der Waals surface area (Å²) in [4.78, 5) is 24.6. The number of aliphatic hydroxyl groups excluding tert-OH is 2. The van der Waals surface area contributed by atoms with Crippen molar-refractivity contribution in [3.05, 3.63) is 24.3 Å². The zero-order valence-corrected chi connectivity index (χ0v) is 50.1. The fraction of sp³-hybridized carbons (Fsp3) is 0.912. The number of ether oxygens (including phenoxy) is 1. The largest absolute Gasteiger partial charge is 0.465 e. The summed E-state index contributed by atoms with van der Waals surface area (Å²) in [6.45, 7) is 4.88. The summed E-state index contributed by atoms with van der Waals surface area (Å²) in [6, 6.07) is -0.546. The molecular weight excluding hydrogens is 911 g/mol. The number of rotatable bonds is 63. The van der Waals surface area contributed by atoms with Crippen LogP contribution in [-0.2, 0) is 14.3 Å². The van der Waals surface area contributed by atoms with Gasteiger partial charge >= 0.3 is 5.97 Å². The SMILES string of the molecule is CCCCCCCCCCCCCCCCCCCCC(=O)OCC/C=C\C/C=C\CCCCCCCCCCCCCCCCC(=O)NC(CO)C(O)CCCCCCCCCCCCCCCCCCCC. The van der Waals surface area contributed by atoms with Crippen LogP contribution in [0.4, 0.5) is 0 Å². The number of allylic oxidation sites excluding steroid dienone is 3. The van der Waals surface area contributed by atoms with Crippen LogP contribution < -0.4 is 5.32 Å². The van der Waals surface area contributed by atoms with E-state index in [1.165, 1.54) is 289 Å². The lowest BCUT2D eigenvalue weighted by molar-refractivity contribution is -0.143. The predicted molar refractivity (Wildman–Crippen MR) is 324 cm³/mol. The molecule has 0 aliphatic carbocycles. The maximum Gasteiger partial charge on any atom is 0.305 e. The van der Waals surface area contributed by atoms with Gasteiger partial charge in [0, 0.05) is 12.8 Å². The first-order valence-corrected chi connectivity index (χ1v) is 33.6. The molecule has 0 aromatic carbocycles. The van der Waals surface area contributed by atoms with Gasteiger partial charge in [-0.05, 0) is 44.9 Å². The fourth-order valence-corrected chi connectivity index (χ4v) is 10.7. The summed E-state index contributed by atoms with van der Waals surface area (Å²) in [5.74, 6) is -0.0663. The minimum atomic E-state index is -0.668. The normalized spacial score (nSPS) is 12.6. The number of esters is 1. The second-order valence-corrected chi connectivity index (χ2v) is 23.2. The highest BCUT2D eigenvalue weighted by Crippen LogP contribution is 2.19. The molecule has 0 aliphatic rings. The molecule has 6 heteroatoms. The number of hydrogen-bond donors (Lipinski definition) is 3. The van der Waals surface area contributed by atoms with E-state index in [0.29, 0.717) is 25.9 Å². The Morgan fingerprint density at radius 3 is 1.03 bits per heavy atom. The van der Waals surface area contributed by atoms with E-state index in [1.807, 2.05) is 0 Å². The van der Waals surface area contributed by atoms with Crippen LogP contribution in [0.25, 0.3) is 0 Å². The topological polar surface area (TPSA) is 95.9 Å². The summed E-state index contributed by atoms with van der Waals surface area (Å²) >= 11 is 0. The average Bonchev–Trinajstić information content (AvgIpc) is 3.40. The molecule has 0 aliphatic heterocycles. The first kappa shape index (κ1) is 72.3. The molecule has 0 heterocycles. The third-order valence-corrected chi connectivity index (χ3v) is 15.8. The van der Waals surface area contributed by atoms with Crippen LogP contribution in [0.1, 0.15) is 373 Å². The number of carbonyl (C=O) groups is 2. The van der Waals surface area contributed by atoms with Crippen molar-refractivity contribution >= 4 is 11.9 Å². The van der Waals surface area contributed by atoms with Crippen molar-refractivity contribution < 1.29 is 24.5 Å². The second kappa shape index (κ2) is 63.9. The lowest BCUT2D eigenvalue weighted by Gasteiger charge is -2.22. The molecule has 6 nitrogen and oxygen atoms in total. The van der Waals surface area contributed by atoms with E-state index >= 15 is 0 Å². The van der Waals surface area contributed by atoms with Crippen LogP contribution in [0.15, 0.2) is 24.3 Å². The van der Waals surface area contributed by atoms with Crippen molar-refractivity contribution in [1.82, 2.24) is 5.32 Å². The van der Waals surface area contributed by atoms with Gasteiger partial charge in [0.15, 0.2) is 0 Å². The maximum atomic E-state index is 12.5. The summed E-state index contributed by atoms with van der Waals surface area (Å²) in [7, 11) is 0. The highest BCUT2D eigenvalue weighted by Gasteiger charge is 2.20. The van der Waals surface area contributed by atoms with Gasteiger partial charge in [0.05, 0.1) is 25.4 Å². The van der Waals surface area contributed by atoms with Crippen molar-refractivity contribution in [3.63, 3.8) is 0 Å². The molecule has 0 spiro atoms. The highest BCUT2D eigenvalue weighted by atomic mass is 16.5. The molecule has 3 N–H and O–H groups in total. The molecule has 2 atom stereocenters. The zero-order valence-electron chi connectivity index (χ0n) is 50.1. The molecular formula is C68H131NO5. The van der Waals surface area contributed by atoms with Crippen LogP contribution in [0.3, 0.4) is 0 Å². The molecule has 0 aromatic rings. The quantitative estimate of drug-likeness (QED) is 0.0320. The Kier molecular flexibility index (Phi) is 62.4. The van der Waals surface area contributed by atoms with Gasteiger partial charge < -0.3 is 20.3 Å². The maximum absolute atomic E-state index is 12.5. The summed E-state index contributed by atoms with van der Waals surface area (Å²) in [5, 5.41) is 23.4. The van der Waals surface area contributed by atoms with Gasteiger partial charge in [0.2, 0.25) is 5.91 Å². The van der Waals surface area contributed by atoms with E-state index in [0.717, 1.165) is 51.4 Å². The van der Waals surface area contributed by atoms with E-state index in [9.17, 15) is 19.8 Å². The lowest BCUT2D eigenvalue weighted by atomic mass is 10.0. The molecule has 0 radical (unpaired) electrons. The van der Waals surface area contributed by atoms with Crippen LogP contribution in [-0.4, -0.2) is 47.4 Å². The standard InChI is InChI=1S/C68H131NO5/c1-3-5-7-9-11-13-15-17-19-21-28-32-36-40-44-48-52-56-60-66(71)65(64-70)69-67(72)61-57-53-49-45-41-37-33-29-26-24-23-25-27-31-35-39-43-47-51-55-59-63-74-68(73)62-58-54-50-46-42-38-34-30-22-20-18-16-14-12-10-8-6-4-2/h39,43,51,55,65-66,70-71H,3-38,40-42,44-50,52-54,56-64H2,1-2H3,(H,69,72)/b43-39-,55-51-. The lowest BCUT2D eigenvalue weighted by Crippen LogP contribution is -2.45.